The van der Waals surface area contributed by atoms with Crippen LogP contribution < -0.4 is 0 Å². The lowest BCUT2D eigenvalue weighted by Gasteiger charge is -2.33. The van der Waals surface area contributed by atoms with Gasteiger partial charge in [0.15, 0.2) is 5.78 Å². The maximum atomic E-state index is 13.8. The van der Waals surface area contributed by atoms with E-state index in [2.05, 4.69) is 18.2 Å². The second-order valence-electron chi connectivity index (χ2n) is 10.1. The van der Waals surface area contributed by atoms with Gasteiger partial charge in [0.05, 0.1) is 13.2 Å². The van der Waals surface area contributed by atoms with Gasteiger partial charge in [0.2, 0.25) is 0 Å². The molecule has 3 nitrogen and oxygen atoms in total. The number of rotatable bonds is 6. The van der Waals surface area contributed by atoms with Gasteiger partial charge in [-0.25, -0.2) is 0 Å². The Morgan fingerprint density at radius 2 is 1.48 bits per heavy atom. The number of ketones is 1. The van der Waals surface area contributed by atoms with Crippen LogP contribution in [0.5, 0.6) is 0 Å². The molecule has 0 atom stereocenters. The van der Waals surface area contributed by atoms with Crippen molar-refractivity contribution in [3.63, 3.8) is 0 Å². The van der Waals surface area contributed by atoms with E-state index in [-0.39, 0.29) is 5.78 Å². The van der Waals surface area contributed by atoms with Crippen molar-refractivity contribution >= 4 is 16.6 Å². The first kappa shape index (κ1) is 21.2. The molecule has 2 saturated carbocycles. The van der Waals surface area contributed by atoms with Crippen LogP contribution in [-0.2, 0) is 14.9 Å². The Hall–Kier alpha value is -1.71. The van der Waals surface area contributed by atoms with Crippen molar-refractivity contribution in [2.45, 2.75) is 81.5 Å². The molecule has 0 unspecified atom stereocenters. The predicted molar refractivity (Wildman–Crippen MR) is 125 cm³/mol. The highest BCUT2D eigenvalue weighted by atomic mass is 16.5. The lowest BCUT2D eigenvalue weighted by atomic mass is 9.72. The Morgan fingerprint density at radius 1 is 0.871 bits per heavy atom. The third kappa shape index (κ3) is 3.36. The maximum absolute atomic E-state index is 13.8. The highest BCUT2D eigenvalue weighted by molar-refractivity contribution is 6.21. The van der Waals surface area contributed by atoms with Crippen LogP contribution in [-0.4, -0.2) is 33.2 Å². The van der Waals surface area contributed by atoms with E-state index in [1.165, 1.54) is 80.5 Å². The van der Waals surface area contributed by atoms with Crippen LogP contribution in [0.3, 0.4) is 0 Å². The van der Waals surface area contributed by atoms with Crippen molar-refractivity contribution in [3.8, 4) is 0 Å². The SMILES string of the molecule is COCC1(COC)C(=O)c2cccc3c(C4CCCCC4)c(C4CCCCC4)cc1c23. The van der Waals surface area contributed by atoms with E-state index in [9.17, 15) is 4.79 Å². The number of hydrogen-bond donors (Lipinski definition) is 0. The molecule has 2 fully saturated rings. The van der Waals surface area contributed by atoms with Gasteiger partial charge in [-0.15, -0.1) is 0 Å². The molecule has 0 N–H and O–H groups in total. The van der Waals surface area contributed by atoms with Crippen molar-refractivity contribution in [1.29, 1.82) is 0 Å². The molecule has 0 aliphatic heterocycles. The summed E-state index contributed by atoms with van der Waals surface area (Å²) in [5.41, 5.74) is 4.42. The number of hydrogen-bond acceptors (Lipinski definition) is 3. The number of ether oxygens (including phenoxy) is 2. The van der Waals surface area contributed by atoms with E-state index >= 15 is 0 Å². The lowest BCUT2D eigenvalue weighted by Crippen LogP contribution is -2.41. The first-order valence-corrected chi connectivity index (χ1v) is 12.3. The minimum absolute atomic E-state index is 0.173. The van der Waals surface area contributed by atoms with Gasteiger partial charge >= 0.3 is 0 Å². The molecule has 0 radical (unpaired) electrons. The Kier molecular flexibility index (Phi) is 5.92. The van der Waals surface area contributed by atoms with E-state index in [0.29, 0.717) is 25.0 Å². The topological polar surface area (TPSA) is 35.5 Å². The summed E-state index contributed by atoms with van der Waals surface area (Å²) in [6, 6.07) is 8.86. The van der Waals surface area contributed by atoms with Gasteiger partial charge in [-0.05, 0) is 65.0 Å². The maximum Gasteiger partial charge on any atom is 0.178 e. The molecule has 0 amide bonds. The summed E-state index contributed by atoms with van der Waals surface area (Å²) in [7, 11) is 3.40. The van der Waals surface area contributed by atoms with E-state index in [1.54, 1.807) is 19.8 Å². The molecule has 3 aliphatic carbocycles. The van der Waals surface area contributed by atoms with Gasteiger partial charge < -0.3 is 9.47 Å². The fourth-order valence-electron chi connectivity index (χ4n) is 6.89. The third-order valence-electron chi connectivity index (χ3n) is 8.27. The van der Waals surface area contributed by atoms with Crippen LogP contribution in [0.15, 0.2) is 24.3 Å². The highest BCUT2D eigenvalue weighted by Gasteiger charge is 2.49. The normalized spacial score (nSPS) is 21.8. The molecule has 0 bridgehead atoms. The molecular formula is C28H36O3. The van der Waals surface area contributed by atoms with Crippen LogP contribution in [0.1, 0.15) is 103 Å². The smallest absolute Gasteiger partial charge is 0.178 e. The highest BCUT2D eigenvalue weighted by Crippen LogP contribution is 2.51. The van der Waals surface area contributed by atoms with E-state index < -0.39 is 5.41 Å². The Bertz CT molecular complexity index is 958. The minimum atomic E-state index is -0.722. The van der Waals surface area contributed by atoms with Crippen LogP contribution >= 0.6 is 0 Å². The lowest BCUT2D eigenvalue weighted by molar-refractivity contribution is 0.0482. The van der Waals surface area contributed by atoms with Gasteiger partial charge in [0.1, 0.15) is 5.41 Å². The van der Waals surface area contributed by atoms with Gasteiger partial charge in [0, 0.05) is 19.8 Å². The second kappa shape index (κ2) is 8.67. The van der Waals surface area contributed by atoms with E-state index in [0.717, 1.165) is 11.1 Å². The fourth-order valence-corrected chi connectivity index (χ4v) is 6.89. The summed E-state index contributed by atoms with van der Waals surface area (Å²) in [4.78, 5) is 13.8. The zero-order chi connectivity index (χ0) is 21.4. The van der Waals surface area contributed by atoms with Crippen molar-refractivity contribution < 1.29 is 14.3 Å². The summed E-state index contributed by atoms with van der Waals surface area (Å²) in [6.45, 7) is 0.743. The first-order valence-electron chi connectivity index (χ1n) is 12.3. The average molecular weight is 421 g/mol. The van der Waals surface area contributed by atoms with Gasteiger partial charge in [-0.3, -0.25) is 4.79 Å². The fraction of sp³-hybridized carbons (Fsp3) is 0.607. The molecule has 0 aromatic heterocycles. The van der Waals surface area contributed by atoms with Crippen molar-refractivity contribution in [2.75, 3.05) is 27.4 Å². The summed E-state index contributed by atoms with van der Waals surface area (Å²) < 4.78 is 11.3. The third-order valence-corrected chi connectivity index (χ3v) is 8.27. The van der Waals surface area contributed by atoms with E-state index in [4.69, 9.17) is 9.47 Å². The number of benzene rings is 2. The number of carbonyl (C=O) groups is 1. The second-order valence-corrected chi connectivity index (χ2v) is 10.1. The summed E-state index contributed by atoms with van der Waals surface area (Å²) >= 11 is 0. The molecule has 3 heteroatoms. The van der Waals surface area contributed by atoms with Gasteiger partial charge in [-0.1, -0.05) is 62.8 Å². The Morgan fingerprint density at radius 3 is 2.10 bits per heavy atom. The van der Waals surface area contributed by atoms with Crippen LogP contribution in [0.2, 0.25) is 0 Å². The van der Waals surface area contributed by atoms with Crippen molar-refractivity contribution in [2.24, 2.45) is 0 Å². The van der Waals surface area contributed by atoms with Gasteiger partial charge in [-0.2, -0.15) is 0 Å². The van der Waals surface area contributed by atoms with Crippen LogP contribution in [0, 0.1) is 0 Å². The predicted octanol–water partition coefficient (Wildman–Crippen LogP) is 6.66. The molecule has 3 aliphatic rings. The van der Waals surface area contributed by atoms with Crippen LogP contribution in [0.25, 0.3) is 10.8 Å². The molecule has 31 heavy (non-hydrogen) atoms. The molecule has 0 spiro atoms. The molecule has 166 valence electrons. The Balaban J connectivity index is 1.79. The van der Waals surface area contributed by atoms with Crippen LogP contribution in [0.4, 0.5) is 0 Å². The summed E-state index contributed by atoms with van der Waals surface area (Å²) in [6.07, 6.45) is 13.1. The summed E-state index contributed by atoms with van der Waals surface area (Å²) in [5, 5.41) is 2.52. The Labute approximate surface area is 186 Å². The molecule has 5 rings (SSSR count). The average Bonchev–Trinajstić information content (AvgIpc) is 3.05. The molecule has 2 aromatic carbocycles. The van der Waals surface area contributed by atoms with Gasteiger partial charge in [0.25, 0.3) is 0 Å². The van der Waals surface area contributed by atoms with Crippen molar-refractivity contribution in [1.82, 2.24) is 0 Å². The van der Waals surface area contributed by atoms with Crippen molar-refractivity contribution in [3.05, 3.63) is 46.5 Å². The standard InChI is InChI=1S/C28H36O3/c1-30-17-28(18-31-2)24-16-23(19-10-5-3-6-11-19)25(20-12-7-4-8-13-20)21-14-9-15-22(26(21)24)27(28)29/h9,14-16,19-20H,3-8,10-13,17-18H2,1-2H3. The zero-order valence-electron chi connectivity index (χ0n) is 19.2. The number of methoxy groups -OCH3 is 2. The largest absolute Gasteiger partial charge is 0.383 e. The quantitative estimate of drug-likeness (QED) is 0.524. The molecular weight excluding hydrogens is 384 g/mol. The zero-order valence-corrected chi connectivity index (χ0v) is 19.2. The molecule has 0 saturated heterocycles. The number of Topliss-reactive ketones (excluding diaryl/α,β-unsaturated/α-hetero) is 1. The molecule has 0 heterocycles. The van der Waals surface area contributed by atoms with E-state index in [1.807, 2.05) is 6.07 Å². The molecule has 2 aromatic rings. The summed E-state index contributed by atoms with van der Waals surface area (Å²) in [5.74, 6) is 1.42. The minimum Gasteiger partial charge on any atom is -0.383 e. The number of carbonyl (C=O) groups excluding carboxylic acids is 1. The first-order chi connectivity index (χ1) is 15.2. The monoisotopic (exact) mass is 420 g/mol.